The van der Waals surface area contributed by atoms with E-state index in [1.54, 1.807) is 18.2 Å². The van der Waals surface area contributed by atoms with Gasteiger partial charge in [0.05, 0.1) is 22.1 Å². The first-order chi connectivity index (χ1) is 9.97. The summed E-state index contributed by atoms with van der Waals surface area (Å²) in [4.78, 5) is 4.45. The second-order valence-electron chi connectivity index (χ2n) is 4.65. The highest BCUT2D eigenvalue weighted by atomic mass is 79.9. The van der Waals surface area contributed by atoms with Crippen LogP contribution in [0.5, 0.6) is 0 Å². The fourth-order valence-electron chi connectivity index (χ4n) is 2.25. The van der Waals surface area contributed by atoms with Crippen molar-refractivity contribution in [3.8, 4) is 5.69 Å². The van der Waals surface area contributed by atoms with E-state index in [9.17, 15) is 4.39 Å². The van der Waals surface area contributed by atoms with E-state index >= 15 is 0 Å². The Hall–Kier alpha value is -1.10. The number of hydrogen-bond donors (Lipinski definition) is 0. The third-order valence-electron chi connectivity index (χ3n) is 3.15. The SMILES string of the molecule is CC(Cl)c1nc2cc(F)ccc2n1-c1ccc(Cl)cc1Br. The topological polar surface area (TPSA) is 17.8 Å². The Morgan fingerprint density at radius 1 is 1.24 bits per heavy atom. The summed E-state index contributed by atoms with van der Waals surface area (Å²) in [5, 5.41) is 0.310. The number of hydrogen-bond acceptors (Lipinski definition) is 1. The van der Waals surface area contributed by atoms with E-state index in [1.807, 2.05) is 17.6 Å². The van der Waals surface area contributed by atoms with E-state index in [-0.39, 0.29) is 11.2 Å². The van der Waals surface area contributed by atoms with Crippen molar-refractivity contribution in [2.75, 3.05) is 0 Å². The van der Waals surface area contributed by atoms with E-state index < -0.39 is 0 Å². The minimum atomic E-state index is -0.323. The Kier molecular flexibility index (Phi) is 3.95. The van der Waals surface area contributed by atoms with Crippen LogP contribution in [0.25, 0.3) is 16.7 Å². The lowest BCUT2D eigenvalue weighted by Crippen LogP contribution is -2.02. The molecule has 0 N–H and O–H groups in total. The summed E-state index contributed by atoms with van der Waals surface area (Å²) in [5.74, 6) is 0.330. The number of imidazole rings is 1. The lowest BCUT2D eigenvalue weighted by Gasteiger charge is -2.12. The number of benzene rings is 2. The lowest BCUT2D eigenvalue weighted by molar-refractivity contribution is 0.629. The van der Waals surface area contributed by atoms with Crippen LogP contribution in [0.15, 0.2) is 40.9 Å². The molecule has 0 aliphatic carbocycles. The fourth-order valence-corrected chi connectivity index (χ4v) is 3.26. The third kappa shape index (κ3) is 2.68. The Labute approximate surface area is 139 Å². The van der Waals surface area contributed by atoms with Gasteiger partial charge in [0, 0.05) is 15.6 Å². The molecule has 0 spiro atoms. The van der Waals surface area contributed by atoms with Crippen molar-refractivity contribution in [1.29, 1.82) is 0 Å². The maximum absolute atomic E-state index is 13.4. The molecule has 2 nitrogen and oxygen atoms in total. The standard InChI is InChI=1S/C15H10BrCl2FN2/c1-8(17)15-20-12-7-10(19)3-5-14(12)21(15)13-4-2-9(18)6-11(13)16/h2-8H,1H3. The van der Waals surface area contributed by atoms with Gasteiger partial charge in [0.1, 0.15) is 11.6 Å². The van der Waals surface area contributed by atoms with Crippen molar-refractivity contribution in [3.63, 3.8) is 0 Å². The van der Waals surface area contributed by atoms with E-state index in [0.717, 1.165) is 15.7 Å². The van der Waals surface area contributed by atoms with Crippen molar-refractivity contribution in [1.82, 2.24) is 9.55 Å². The summed E-state index contributed by atoms with van der Waals surface area (Å²) in [6.07, 6.45) is 0. The molecule has 0 fully saturated rings. The zero-order valence-electron chi connectivity index (χ0n) is 10.9. The zero-order chi connectivity index (χ0) is 15.1. The molecule has 0 radical (unpaired) electrons. The first kappa shape index (κ1) is 14.8. The molecular formula is C15H10BrCl2FN2. The van der Waals surface area contributed by atoms with Gasteiger partial charge in [-0.2, -0.15) is 0 Å². The molecule has 0 bridgehead atoms. The first-order valence-corrected chi connectivity index (χ1v) is 7.85. The van der Waals surface area contributed by atoms with Gasteiger partial charge in [-0.25, -0.2) is 9.37 Å². The molecule has 108 valence electrons. The molecule has 3 aromatic rings. The number of halogens is 4. The van der Waals surface area contributed by atoms with Crippen LogP contribution in [0.3, 0.4) is 0 Å². The Balaban J connectivity index is 2.36. The third-order valence-corrected chi connectivity index (χ3v) is 4.21. The van der Waals surface area contributed by atoms with Crippen LogP contribution in [0, 0.1) is 5.82 Å². The van der Waals surface area contributed by atoms with Crippen LogP contribution in [-0.4, -0.2) is 9.55 Å². The summed E-state index contributed by atoms with van der Waals surface area (Å²) in [5.41, 5.74) is 2.22. The summed E-state index contributed by atoms with van der Waals surface area (Å²) in [7, 11) is 0. The van der Waals surface area contributed by atoms with E-state index in [1.165, 1.54) is 12.1 Å². The number of aromatic nitrogens is 2. The Morgan fingerprint density at radius 2 is 2.00 bits per heavy atom. The van der Waals surface area contributed by atoms with Gasteiger partial charge in [0.15, 0.2) is 0 Å². The Morgan fingerprint density at radius 3 is 2.67 bits per heavy atom. The van der Waals surface area contributed by atoms with Gasteiger partial charge in [0.2, 0.25) is 0 Å². The maximum atomic E-state index is 13.4. The molecule has 3 rings (SSSR count). The molecule has 1 aromatic heterocycles. The number of rotatable bonds is 2. The zero-order valence-corrected chi connectivity index (χ0v) is 14.0. The summed E-state index contributed by atoms with van der Waals surface area (Å²) < 4.78 is 16.1. The van der Waals surface area contributed by atoms with Crippen LogP contribution in [0.2, 0.25) is 5.02 Å². The molecule has 1 unspecified atom stereocenters. The van der Waals surface area contributed by atoms with Crippen LogP contribution in [0.1, 0.15) is 18.1 Å². The highest BCUT2D eigenvalue weighted by molar-refractivity contribution is 9.10. The van der Waals surface area contributed by atoms with Gasteiger partial charge >= 0.3 is 0 Å². The monoisotopic (exact) mass is 386 g/mol. The maximum Gasteiger partial charge on any atom is 0.132 e. The highest BCUT2D eigenvalue weighted by Crippen LogP contribution is 2.33. The van der Waals surface area contributed by atoms with Gasteiger partial charge in [-0.15, -0.1) is 11.6 Å². The average molecular weight is 388 g/mol. The number of fused-ring (bicyclic) bond motifs is 1. The molecule has 21 heavy (non-hydrogen) atoms. The molecule has 1 atom stereocenters. The molecule has 2 aromatic carbocycles. The highest BCUT2D eigenvalue weighted by Gasteiger charge is 2.18. The van der Waals surface area contributed by atoms with Crippen LogP contribution in [0.4, 0.5) is 4.39 Å². The largest absolute Gasteiger partial charge is 0.294 e. The van der Waals surface area contributed by atoms with Gasteiger partial charge in [-0.1, -0.05) is 11.6 Å². The quantitative estimate of drug-likeness (QED) is 0.502. The van der Waals surface area contributed by atoms with Crippen molar-refractivity contribution in [3.05, 3.63) is 57.5 Å². The van der Waals surface area contributed by atoms with Gasteiger partial charge < -0.3 is 0 Å². The molecular weight excluding hydrogens is 378 g/mol. The second-order valence-corrected chi connectivity index (χ2v) is 6.60. The predicted octanol–water partition coefficient (Wildman–Crippen LogP) is 5.88. The van der Waals surface area contributed by atoms with E-state index in [4.69, 9.17) is 23.2 Å². The fraction of sp³-hybridized carbons (Fsp3) is 0.133. The van der Waals surface area contributed by atoms with Crippen molar-refractivity contribution in [2.45, 2.75) is 12.3 Å². The molecule has 0 saturated carbocycles. The van der Waals surface area contributed by atoms with Gasteiger partial charge in [-0.3, -0.25) is 4.57 Å². The minimum absolute atomic E-state index is 0.317. The smallest absolute Gasteiger partial charge is 0.132 e. The first-order valence-electron chi connectivity index (χ1n) is 6.25. The Bertz CT molecular complexity index is 830. The normalized spacial score (nSPS) is 12.8. The van der Waals surface area contributed by atoms with Crippen molar-refractivity contribution >= 4 is 50.2 Å². The predicted molar refractivity (Wildman–Crippen MR) is 88.0 cm³/mol. The van der Waals surface area contributed by atoms with E-state index in [0.29, 0.717) is 16.4 Å². The molecule has 0 aliphatic rings. The molecule has 6 heteroatoms. The molecule has 1 heterocycles. The minimum Gasteiger partial charge on any atom is -0.294 e. The summed E-state index contributed by atoms with van der Waals surface area (Å²) in [6, 6.07) is 9.97. The number of nitrogens with zero attached hydrogens (tertiary/aromatic N) is 2. The molecule has 0 aliphatic heterocycles. The van der Waals surface area contributed by atoms with E-state index in [2.05, 4.69) is 20.9 Å². The van der Waals surface area contributed by atoms with Crippen LogP contribution >= 0.6 is 39.1 Å². The molecule has 0 saturated heterocycles. The lowest BCUT2D eigenvalue weighted by atomic mass is 10.2. The van der Waals surface area contributed by atoms with Gasteiger partial charge in [0.25, 0.3) is 0 Å². The second kappa shape index (κ2) is 5.59. The number of alkyl halides is 1. The van der Waals surface area contributed by atoms with Crippen molar-refractivity contribution < 1.29 is 4.39 Å². The van der Waals surface area contributed by atoms with Gasteiger partial charge in [-0.05, 0) is 53.2 Å². The average Bonchev–Trinajstić information content (AvgIpc) is 2.77. The van der Waals surface area contributed by atoms with Crippen LogP contribution in [-0.2, 0) is 0 Å². The van der Waals surface area contributed by atoms with Crippen molar-refractivity contribution in [2.24, 2.45) is 0 Å². The molecule has 0 amide bonds. The summed E-state index contributed by atoms with van der Waals surface area (Å²) in [6.45, 7) is 1.83. The summed E-state index contributed by atoms with van der Waals surface area (Å²) >= 11 is 15.7. The van der Waals surface area contributed by atoms with Crippen LogP contribution < -0.4 is 0 Å².